The first-order valence-electron chi connectivity index (χ1n) is 5.34. The molecular formula is C12H13F2NO3. The lowest BCUT2D eigenvalue weighted by Gasteiger charge is -2.09. The van der Waals surface area contributed by atoms with E-state index in [2.05, 4.69) is 5.32 Å². The van der Waals surface area contributed by atoms with Gasteiger partial charge in [-0.3, -0.25) is 9.59 Å². The molecule has 1 rings (SSSR count). The molecule has 0 heterocycles. The summed E-state index contributed by atoms with van der Waals surface area (Å²) in [5.41, 5.74) is 0.0139. The van der Waals surface area contributed by atoms with Gasteiger partial charge in [-0.1, -0.05) is 6.92 Å². The molecule has 4 nitrogen and oxygen atoms in total. The van der Waals surface area contributed by atoms with E-state index in [1.54, 1.807) is 6.92 Å². The van der Waals surface area contributed by atoms with Crippen molar-refractivity contribution in [2.45, 2.75) is 19.8 Å². The molecule has 18 heavy (non-hydrogen) atoms. The highest BCUT2D eigenvalue weighted by Crippen LogP contribution is 2.15. The first-order chi connectivity index (χ1) is 8.36. The molecule has 2 N–H and O–H groups in total. The molecule has 0 aliphatic carbocycles. The maximum absolute atomic E-state index is 12.8. The number of anilines is 1. The molecule has 0 radical (unpaired) electrons. The van der Waals surface area contributed by atoms with Crippen molar-refractivity contribution in [1.82, 2.24) is 0 Å². The Morgan fingerprint density at radius 1 is 1.22 bits per heavy atom. The van der Waals surface area contributed by atoms with Gasteiger partial charge >= 0.3 is 5.97 Å². The molecule has 0 aromatic heterocycles. The molecule has 1 atom stereocenters. The highest BCUT2D eigenvalue weighted by Gasteiger charge is 2.13. The second kappa shape index (κ2) is 6.09. The first-order valence-corrected chi connectivity index (χ1v) is 5.34. The summed E-state index contributed by atoms with van der Waals surface area (Å²) < 4.78 is 25.7. The van der Waals surface area contributed by atoms with Crippen LogP contribution in [0.5, 0.6) is 0 Å². The fourth-order valence-electron chi connectivity index (χ4n) is 1.52. The summed E-state index contributed by atoms with van der Waals surface area (Å²) in [4.78, 5) is 21.9. The summed E-state index contributed by atoms with van der Waals surface area (Å²) >= 11 is 0. The van der Waals surface area contributed by atoms with Crippen LogP contribution in [0.15, 0.2) is 18.2 Å². The van der Waals surface area contributed by atoms with Gasteiger partial charge in [-0.2, -0.15) is 0 Å². The van der Waals surface area contributed by atoms with Crippen LogP contribution in [0.1, 0.15) is 19.8 Å². The van der Waals surface area contributed by atoms with Crippen LogP contribution in [0, 0.1) is 17.6 Å². The summed E-state index contributed by atoms with van der Waals surface area (Å²) in [5, 5.41) is 10.8. The van der Waals surface area contributed by atoms with Crippen molar-refractivity contribution >= 4 is 17.6 Å². The SMILES string of the molecule is CC(CC(=O)O)CC(=O)Nc1cc(F)cc(F)c1. The highest BCUT2D eigenvalue weighted by molar-refractivity contribution is 5.91. The van der Waals surface area contributed by atoms with Crippen LogP contribution in [0.2, 0.25) is 0 Å². The van der Waals surface area contributed by atoms with Gasteiger partial charge in [-0.15, -0.1) is 0 Å². The van der Waals surface area contributed by atoms with Crippen LogP contribution in [-0.4, -0.2) is 17.0 Å². The van der Waals surface area contributed by atoms with Gasteiger partial charge < -0.3 is 10.4 Å². The number of aliphatic carboxylic acids is 1. The summed E-state index contributed by atoms with van der Waals surface area (Å²) in [6.07, 6.45) is -0.157. The van der Waals surface area contributed by atoms with Crippen LogP contribution in [0.4, 0.5) is 14.5 Å². The van der Waals surface area contributed by atoms with Gasteiger partial charge in [0.2, 0.25) is 5.91 Å². The maximum Gasteiger partial charge on any atom is 0.303 e. The smallest absolute Gasteiger partial charge is 0.303 e. The van der Waals surface area contributed by atoms with Crippen molar-refractivity contribution in [2.75, 3.05) is 5.32 Å². The molecule has 0 saturated heterocycles. The Bertz CT molecular complexity index is 442. The van der Waals surface area contributed by atoms with E-state index in [1.807, 2.05) is 0 Å². The maximum atomic E-state index is 12.8. The van der Waals surface area contributed by atoms with E-state index in [0.717, 1.165) is 12.1 Å². The van der Waals surface area contributed by atoms with E-state index in [1.165, 1.54) is 0 Å². The molecule has 0 aliphatic rings. The number of carboxylic acid groups (broad SMARTS) is 1. The predicted octanol–water partition coefficient (Wildman–Crippen LogP) is 2.40. The molecule has 1 unspecified atom stereocenters. The Labute approximate surface area is 103 Å². The van der Waals surface area contributed by atoms with E-state index in [4.69, 9.17) is 5.11 Å². The minimum absolute atomic E-state index is 0.0139. The quantitative estimate of drug-likeness (QED) is 0.851. The van der Waals surface area contributed by atoms with E-state index >= 15 is 0 Å². The third kappa shape index (κ3) is 4.90. The number of carboxylic acids is 1. The number of benzene rings is 1. The number of rotatable bonds is 5. The molecule has 0 saturated carbocycles. The van der Waals surface area contributed by atoms with Crippen LogP contribution in [0.3, 0.4) is 0 Å². The first kappa shape index (κ1) is 14.1. The van der Waals surface area contributed by atoms with Gasteiger partial charge in [0.25, 0.3) is 0 Å². The lowest BCUT2D eigenvalue weighted by atomic mass is 10.0. The summed E-state index contributed by atoms with van der Waals surface area (Å²) in [5.74, 6) is -3.39. The van der Waals surface area contributed by atoms with Crippen molar-refractivity contribution in [2.24, 2.45) is 5.92 Å². The van der Waals surface area contributed by atoms with Crippen LogP contribution in [0.25, 0.3) is 0 Å². The zero-order chi connectivity index (χ0) is 13.7. The van der Waals surface area contributed by atoms with Crippen LogP contribution < -0.4 is 5.32 Å². The van der Waals surface area contributed by atoms with Crippen molar-refractivity contribution < 1.29 is 23.5 Å². The standard InChI is InChI=1S/C12H13F2NO3/c1-7(3-12(17)18)2-11(16)15-10-5-8(13)4-9(14)6-10/h4-7H,2-3H2,1H3,(H,15,16)(H,17,18). The van der Waals surface area contributed by atoms with Crippen LogP contribution in [-0.2, 0) is 9.59 Å². The molecular weight excluding hydrogens is 244 g/mol. The molecule has 0 fully saturated rings. The van der Waals surface area contributed by atoms with Gasteiger partial charge in [0, 0.05) is 24.6 Å². The van der Waals surface area contributed by atoms with E-state index < -0.39 is 23.5 Å². The molecule has 0 spiro atoms. The molecule has 1 aromatic carbocycles. The normalized spacial score (nSPS) is 11.9. The third-order valence-electron chi connectivity index (χ3n) is 2.20. The Hall–Kier alpha value is -1.98. The van der Waals surface area contributed by atoms with Gasteiger partial charge in [-0.05, 0) is 18.1 Å². The van der Waals surface area contributed by atoms with Crippen molar-refractivity contribution in [3.05, 3.63) is 29.8 Å². The average molecular weight is 257 g/mol. The van der Waals surface area contributed by atoms with Gasteiger partial charge in [-0.25, -0.2) is 8.78 Å². The Kier molecular flexibility index (Phi) is 4.76. The van der Waals surface area contributed by atoms with Crippen LogP contribution >= 0.6 is 0 Å². The number of carbonyl (C=O) groups is 2. The fourth-order valence-corrected chi connectivity index (χ4v) is 1.52. The summed E-state index contributed by atoms with van der Waals surface area (Å²) in [6, 6.07) is 2.67. The van der Waals surface area contributed by atoms with E-state index in [0.29, 0.717) is 6.07 Å². The molecule has 1 amide bonds. The van der Waals surface area contributed by atoms with Crippen molar-refractivity contribution in [1.29, 1.82) is 0 Å². The summed E-state index contributed by atoms with van der Waals surface area (Å²) in [6.45, 7) is 1.61. The molecule has 1 aromatic rings. The number of amides is 1. The zero-order valence-corrected chi connectivity index (χ0v) is 9.74. The van der Waals surface area contributed by atoms with E-state index in [9.17, 15) is 18.4 Å². The minimum atomic E-state index is -0.993. The van der Waals surface area contributed by atoms with Gasteiger partial charge in [0.1, 0.15) is 11.6 Å². The number of nitrogens with one attached hydrogen (secondary N) is 1. The summed E-state index contributed by atoms with van der Waals surface area (Å²) in [7, 11) is 0. The zero-order valence-electron chi connectivity index (χ0n) is 9.74. The predicted molar refractivity (Wildman–Crippen MR) is 61.0 cm³/mol. The second-order valence-corrected chi connectivity index (χ2v) is 4.11. The molecule has 98 valence electrons. The Morgan fingerprint density at radius 3 is 2.28 bits per heavy atom. The van der Waals surface area contributed by atoms with Gasteiger partial charge in [0.15, 0.2) is 0 Å². The molecule has 0 bridgehead atoms. The number of hydrogen-bond acceptors (Lipinski definition) is 2. The van der Waals surface area contributed by atoms with E-state index in [-0.39, 0.29) is 24.4 Å². The molecule has 6 heteroatoms. The van der Waals surface area contributed by atoms with Gasteiger partial charge in [0.05, 0.1) is 0 Å². The Balaban J connectivity index is 2.56. The highest BCUT2D eigenvalue weighted by atomic mass is 19.1. The number of carbonyl (C=O) groups excluding carboxylic acids is 1. The lowest BCUT2D eigenvalue weighted by Crippen LogP contribution is -2.17. The number of hydrogen-bond donors (Lipinski definition) is 2. The largest absolute Gasteiger partial charge is 0.481 e. The third-order valence-corrected chi connectivity index (χ3v) is 2.20. The van der Waals surface area contributed by atoms with Crippen molar-refractivity contribution in [3.8, 4) is 0 Å². The second-order valence-electron chi connectivity index (χ2n) is 4.11. The van der Waals surface area contributed by atoms with Crippen molar-refractivity contribution in [3.63, 3.8) is 0 Å². The monoisotopic (exact) mass is 257 g/mol. The molecule has 0 aliphatic heterocycles. The minimum Gasteiger partial charge on any atom is -0.481 e. The number of halogens is 2. The average Bonchev–Trinajstić information content (AvgIpc) is 2.12. The lowest BCUT2D eigenvalue weighted by molar-refractivity contribution is -0.138. The Morgan fingerprint density at radius 2 is 1.78 bits per heavy atom. The topological polar surface area (TPSA) is 66.4 Å². The fraction of sp³-hybridized carbons (Fsp3) is 0.333.